The fraction of sp³-hybridized carbons (Fsp3) is 0.936. The third-order valence-electron chi connectivity index (χ3n) is 11.1. The van der Waals surface area contributed by atoms with Crippen molar-refractivity contribution in [2.24, 2.45) is 17.8 Å². The van der Waals surface area contributed by atoms with Crippen molar-refractivity contribution in [2.45, 2.75) is 253 Å². The molecule has 0 saturated heterocycles. The van der Waals surface area contributed by atoms with Crippen LogP contribution in [0.2, 0.25) is 0 Å². The van der Waals surface area contributed by atoms with Gasteiger partial charge < -0.3 is 14.2 Å². The Morgan fingerprint density at radius 3 is 0.981 bits per heavy atom. The number of hydrogen-bond donors (Lipinski definition) is 0. The lowest BCUT2D eigenvalue weighted by Gasteiger charge is -2.18. The third-order valence-corrected chi connectivity index (χ3v) is 11.1. The van der Waals surface area contributed by atoms with E-state index in [0.29, 0.717) is 19.3 Å². The van der Waals surface area contributed by atoms with Crippen molar-refractivity contribution in [3.63, 3.8) is 0 Å². The predicted molar refractivity (Wildman–Crippen MR) is 224 cm³/mol. The molecular formula is C47H90O6. The number of hydrogen-bond acceptors (Lipinski definition) is 6. The lowest BCUT2D eigenvalue weighted by Crippen LogP contribution is -2.30. The minimum absolute atomic E-state index is 0.0671. The number of unbranched alkanes of at least 4 members (excludes halogenated alkanes) is 21. The minimum Gasteiger partial charge on any atom is -0.462 e. The molecule has 2 unspecified atom stereocenters. The maximum atomic E-state index is 12.7. The zero-order valence-corrected chi connectivity index (χ0v) is 36.3. The summed E-state index contributed by atoms with van der Waals surface area (Å²) in [6.07, 6.45) is 35.2. The fourth-order valence-electron chi connectivity index (χ4n) is 6.81. The largest absolute Gasteiger partial charge is 0.462 e. The quantitative estimate of drug-likeness (QED) is 0.0352. The number of ether oxygens (including phenoxy) is 3. The van der Waals surface area contributed by atoms with Crippen molar-refractivity contribution >= 4 is 17.9 Å². The van der Waals surface area contributed by atoms with Crippen molar-refractivity contribution in [3.05, 3.63) is 0 Å². The molecular weight excluding hydrogens is 661 g/mol. The van der Waals surface area contributed by atoms with Crippen LogP contribution in [0.5, 0.6) is 0 Å². The highest BCUT2D eigenvalue weighted by Gasteiger charge is 2.19. The molecule has 0 spiro atoms. The Bertz CT molecular complexity index is 826. The normalized spacial score (nSPS) is 13.2. The average Bonchev–Trinajstić information content (AvgIpc) is 3.14. The molecule has 0 rings (SSSR count). The van der Waals surface area contributed by atoms with Gasteiger partial charge in [0, 0.05) is 19.3 Å². The molecule has 0 saturated carbocycles. The molecule has 0 aliphatic carbocycles. The molecule has 53 heavy (non-hydrogen) atoms. The third kappa shape index (κ3) is 38.5. The van der Waals surface area contributed by atoms with E-state index in [9.17, 15) is 14.4 Å². The van der Waals surface area contributed by atoms with Crippen molar-refractivity contribution in [1.82, 2.24) is 0 Å². The summed E-state index contributed by atoms with van der Waals surface area (Å²) >= 11 is 0. The van der Waals surface area contributed by atoms with Gasteiger partial charge in [-0.1, -0.05) is 208 Å². The van der Waals surface area contributed by atoms with E-state index in [1.807, 2.05) is 0 Å². The summed E-state index contributed by atoms with van der Waals surface area (Å²) in [5, 5.41) is 0. The van der Waals surface area contributed by atoms with Gasteiger partial charge in [-0.05, 0) is 37.0 Å². The Morgan fingerprint density at radius 1 is 0.377 bits per heavy atom. The van der Waals surface area contributed by atoms with Gasteiger partial charge in [0.15, 0.2) is 6.10 Å². The van der Waals surface area contributed by atoms with Crippen LogP contribution in [0.3, 0.4) is 0 Å². The van der Waals surface area contributed by atoms with Crippen molar-refractivity contribution in [1.29, 1.82) is 0 Å². The van der Waals surface area contributed by atoms with Crippen LogP contribution >= 0.6 is 0 Å². The van der Waals surface area contributed by atoms with Crippen LogP contribution in [-0.4, -0.2) is 37.2 Å². The number of carbonyl (C=O) groups is 3. The predicted octanol–water partition coefficient (Wildman–Crippen LogP) is 14.4. The van der Waals surface area contributed by atoms with Gasteiger partial charge in [-0.2, -0.15) is 0 Å². The van der Waals surface area contributed by atoms with E-state index in [1.54, 1.807) is 0 Å². The maximum Gasteiger partial charge on any atom is 0.306 e. The Hall–Kier alpha value is -1.59. The monoisotopic (exact) mass is 751 g/mol. The first kappa shape index (κ1) is 51.4. The Balaban J connectivity index is 4.32. The molecule has 0 heterocycles. The first-order valence-corrected chi connectivity index (χ1v) is 23.2. The molecule has 0 aromatic carbocycles. The van der Waals surface area contributed by atoms with Gasteiger partial charge in [0.1, 0.15) is 13.2 Å². The lowest BCUT2D eigenvalue weighted by atomic mass is 10.00. The second-order valence-corrected chi connectivity index (χ2v) is 17.0. The molecule has 0 radical (unpaired) electrons. The first-order chi connectivity index (χ1) is 25.7. The molecule has 0 aliphatic rings. The van der Waals surface area contributed by atoms with E-state index in [2.05, 4.69) is 41.5 Å². The summed E-state index contributed by atoms with van der Waals surface area (Å²) in [4.78, 5) is 37.7. The topological polar surface area (TPSA) is 78.9 Å². The lowest BCUT2D eigenvalue weighted by molar-refractivity contribution is -0.167. The number of rotatable bonds is 40. The standard InChI is InChI=1S/C47H90O6/c1-7-42(5)34-28-22-17-19-25-31-37-46(49)52-40-44(53-47(50)38-32-26-20-18-23-29-35-43(6)8-2)39-51-45(48)36-30-24-16-14-12-10-9-11-13-15-21-27-33-41(3)4/h41-44H,7-40H2,1-6H3/t42?,43?,44-/m1/s1. The molecule has 6 heteroatoms. The van der Waals surface area contributed by atoms with Gasteiger partial charge in [-0.15, -0.1) is 0 Å². The molecule has 0 N–H and O–H groups in total. The second-order valence-electron chi connectivity index (χ2n) is 17.0. The zero-order chi connectivity index (χ0) is 39.2. The van der Waals surface area contributed by atoms with Crippen molar-refractivity contribution < 1.29 is 28.6 Å². The molecule has 314 valence electrons. The van der Waals surface area contributed by atoms with Gasteiger partial charge in [0.2, 0.25) is 0 Å². The Labute approximate surface area is 329 Å². The summed E-state index contributed by atoms with van der Waals surface area (Å²) in [6, 6.07) is 0. The van der Waals surface area contributed by atoms with Crippen LogP contribution < -0.4 is 0 Å². The second kappa shape index (κ2) is 38.7. The van der Waals surface area contributed by atoms with Crippen LogP contribution in [-0.2, 0) is 28.6 Å². The van der Waals surface area contributed by atoms with Gasteiger partial charge in [-0.25, -0.2) is 0 Å². The highest BCUT2D eigenvalue weighted by atomic mass is 16.6. The first-order valence-electron chi connectivity index (χ1n) is 23.2. The SMILES string of the molecule is CCC(C)CCCCCCCCC(=O)OC[C@@H](COC(=O)CCCCCCCCCCCCCCC(C)C)OC(=O)CCCCCCCCC(C)CC. The van der Waals surface area contributed by atoms with Crippen LogP contribution in [0.4, 0.5) is 0 Å². The molecule has 6 nitrogen and oxygen atoms in total. The minimum atomic E-state index is -0.762. The van der Waals surface area contributed by atoms with Gasteiger partial charge >= 0.3 is 17.9 Å². The summed E-state index contributed by atoms with van der Waals surface area (Å²) < 4.78 is 16.7. The summed E-state index contributed by atoms with van der Waals surface area (Å²) in [7, 11) is 0. The van der Waals surface area contributed by atoms with Gasteiger partial charge in [-0.3, -0.25) is 14.4 Å². The maximum absolute atomic E-state index is 12.7. The summed E-state index contributed by atoms with van der Waals surface area (Å²) in [5.41, 5.74) is 0. The highest BCUT2D eigenvalue weighted by Crippen LogP contribution is 2.17. The van der Waals surface area contributed by atoms with E-state index in [4.69, 9.17) is 14.2 Å². The smallest absolute Gasteiger partial charge is 0.306 e. The molecule has 0 bridgehead atoms. The Kier molecular flexibility index (Phi) is 37.5. The van der Waals surface area contributed by atoms with Gasteiger partial charge in [0.25, 0.3) is 0 Å². The van der Waals surface area contributed by atoms with Crippen molar-refractivity contribution in [3.8, 4) is 0 Å². The molecule has 0 aromatic rings. The van der Waals surface area contributed by atoms with E-state index in [1.165, 1.54) is 128 Å². The van der Waals surface area contributed by atoms with Crippen LogP contribution in [0, 0.1) is 17.8 Å². The molecule has 0 aromatic heterocycles. The Morgan fingerprint density at radius 2 is 0.660 bits per heavy atom. The zero-order valence-electron chi connectivity index (χ0n) is 36.3. The van der Waals surface area contributed by atoms with Crippen LogP contribution in [0.25, 0.3) is 0 Å². The number of carbonyl (C=O) groups excluding carboxylic acids is 3. The van der Waals surface area contributed by atoms with E-state index in [0.717, 1.165) is 75.5 Å². The highest BCUT2D eigenvalue weighted by molar-refractivity contribution is 5.71. The van der Waals surface area contributed by atoms with Gasteiger partial charge in [0.05, 0.1) is 0 Å². The molecule has 0 aliphatic heterocycles. The molecule has 0 fully saturated rings. The molecule has 3 atom stereocenters. The van der Waals surface area contributed by atoms with E-state index >= 15 is 0 Å². The van der Waals surface area contributed by atoms with Crippen molar-refractivity contribution in [2.75, 3.05) is 13.2 Å². The average molecular weight is 751 g/mol. The fourth-order valence-corrected chi connectivity index (χ4v) is 6.81. The number of esters is 3. The van der Waals surface area contributed by atoms with E-state index < -0.39 is 6.10 Å². The summed E-state index contributed by atoms with van der Waals surface area (Å²) in [6.45, 7) is 13.6. The molecule has 0 amide bonds. The summed E-state index contributed by atoms with van der Waals surface area (Å²) in [5.74, 6) is 1.59. The van der Waals surface area contributed by atoms with Crippen LogP contribution in [0.15, 0.2) is 0 Å². The van der Waals surface area contributed by atoms with Crippen LogP contribution in [0.1, 0.15) is 247 Å². The van der Waals surface area contributed by atoms with E-state index in [-0.39, 0.29) is 31.1 Å².